The van der Waals surface area contributed by atoms with Crippen LogP contribution >= 0.6 is 0 Å². The number of amides is 3. The third-order valence-corrected chi connectivity index (χ3v) is 13.1. The average molecular weight is 523 g/mol. The van der Waals surface area contributed by atoms with Crippen molar-refractivity contribution in [2.24, 2.45) is 0 Å². The van der Waals surface area contributed by atoms with Crippen molar-refractivity contribution in [2.45, 2.75) is 54.7 Å². The maximum absolute atomic E-state index is 13.1. The number of rotatable bonds is 6. The predicted octanol–water partition coefficient (Wildman–Crippen LogP) is 2.25. The summed E-state index contributed by atoms with van der Waals surface area (Å²) in [5, 5.41) is 10.6. The minimum absolute atomic E-state index is 0.00105. The van der Waals surface area contributed by atoms with Gasteiger partial charge in [-0.2, -0.15) is 0 Å². The van der Waals surface area contributed by atoms with Crippen LogP contribution in [0.15, 0.2) is 27.5 Å². The number of aryl methyl sites for hydroxylation is 2. The molecule has 32 heavy (non-hydrogen) atoms. The van der Waals surface area contributed by atoms with Crippen molar-refractivity contribution in [3.8, 4) is 0 Å². The third kappa shape index (κ3) is 3.73. The first kappa shape index (κ1) is 22.9. The van der Waals surface area contributed by atoms with Crippen LogP contribution in [0.3, 0.4) is 0 Å². The summed E-state index contributed by atoms with van der Waals surface area (Å²) in [5.41, 5.74) is 0.489. The molecule has 3 amide bonds. The number of likely N-dealkylation sites (N-methyl/N-ethyl adjacent to an activating group) is 1. The normalized spacial score (nSPS) is 19.8. The molecule has 2 heterocycles. The molecule has 0 saturated carbocycles. The number of hydrogen-bond donors (Lipinski definition) is 1. The fraction of sp³-hybridized carbons (Fsp3) is 0.476. The van der Waals surface area contributed by atoms with Crippen LogP contribution in [0.1, 0.15) is 38.0 Å². The molecule has 0 bridgehead atoms. The Bertz CT molecular complexity index is 1230. The second-order valence-corrected chi connectivity index (χ2v) is 15.9. The van der Waals surface area contributed by atoms with Crippen molar-refractivity contribution in [3.63, 3.8) is 0 Å². The number of hydrogen-bond acceptors (Lipinski definition) is 6. The van der Waals surface area contributed by atoms with Gasteiger partial charge in [0, 0.05) is 0 Å². The molecule has 1 fully saturated rings. The maximum atomic E-state index is 13.1. The fourth-order valence-electron chi connectivity index (χ4n) is 4.10. The number of carbonyl (C=O) groups excluding carboxylic acids is 2. The van der Waals surface area contributed by atoms with Crippen LogP contribution in [-0.4, -0.2) is 75.0 Å². The summed E-state index contributed by atoms with van der Waals surface area (Å²) in [6.07, 6.45) is 3.81. The summed E-state index contributed by atoms with van der Waals surface area (Å²) in [5.74, 6) is -1.01. The summed E-state index contributed by atoms with van der Waals surface area (Å²) < 4.78 is 30.7. The number of fused-ring (bicyclic) bond motifs is 3. The molecule has 1 aliphatic heterocycles. The van der Waals surface area contributed by atoms with E-state index in [2.05, 4.69) is 0 Å². The van der Waals surface area contributed by atoms with Gasteiger partial charge in [-0.3, -0.25) is 0 Å². The second kappa shape index (κ2) is 7.92. The van der Waals surface area contributed by atoms with Gasteiger partial charge < -0.3 is 0 Å². The van der Waals surface area contributed by atoms with E-state index in [1.165, 1.54) is 24.1 Å². The quantitative estimate of drug-likeness (QED) is 0.455. The third-order valence-electron chi connectivity index (χ3n) is 6.26. The Balaban J connectivity index is 1.60. The zero-order valence-corrected chi connectivity index (χ0v) is 20.7. The number of nitrogens with zero attached hydrogens (tertiary/aromatic N) is 2. The van der Waals surface area contributed by atoms with Crippen LogP contribution < -0.4 is 0 Å². The molecule has 1 aromatic carbocycles. The number of aliphatic carboxylic acids is 1. The first-order valence-corrected chi connectivity index (χ1v) is 15.1. The van der Waals surface area contributed by atoms with Crippen molar-refractivity contribution in [2.75, 3.05) is 13.6 Å². The van der Waals surface area contributed by atoms with Gasteiger partial charge in [0.05, 0.1) is 0 Å². The summed E-state index contributed by atoms with van der Waals surface area (Å²) in [6.45, 7) is 2.65. The summed E-state index contributed by atoms with van der Waals surface area (Å²) >= 11 is -1.81. The molecule has 1 aliphatic carbocycles. The molecule has 4 rings (SSSR count). The van der Waals surface area contributed by atoms with Crippen LogP contribution in [-0.2, 0) is 30.5 Å². The predicted molar refractivity (Wildman–Crippen MR) is 116 cm³/mol. The van der Waals surface area contributed by atoms with E-state index in [0.29, 0.717) is 5.58 Å². The Morgan fingerprint density at radius 1 is 1.25 bits per heavy atom. The zero-order chi connectivity index (χ0) is 23.4. The van der Waals surface area contributed by atoms with Crippen molar-refractivity contribution in [3.05, 3.63) is 29.5 Å². The summed E-state index contributed by atoms with van der Waals surface area (Å²) in [7, 11) is -2.47. The number of urea groups is 1. The van der Waals surface area contributed by atoms with Gasteiger partial charge in [0.2, 0.25) is 0 Å². The van der Waals surface area contributed by atoms with Gasteiger partial charge in [0.25, 0.3) is 0 Å². The van der Waals surface area contributed by atoms with E-state index >= 15 is 0 Å². The standard InChI is InChI=1S/C21H24AsN2O7S/c1-21(2)19(27)24(20(28)23(21)3)11-15(18(25)26)22-32(29,30)12-8-9-14-13-6-4-5-7-16(13)31-17(14)10-12/h8-10,15H,4-7,11H2,1-3H3,(H,25,26)/t15-/m1/s1. The monoisotopic (exact) mass is 523 g/mol. The molecule has 1 aromatic heterocycles. The number of carbonyl (C=O) groups is 3. The Kier molecular flexibility index (Phi) is 5.66. The summed E-state index contributed by atoms with van der Waals surface area (Å²) in [6, 6.07) is 4.03. The van der Waals surface area contributed by atoms with Gasteiger partial charge in [0.15, 0.2) is 0 Å². The van der Waals surface area contributed by atoms with E-state index in [1.54, 1.807) is 19.9 Å². The van der Waals surface area contributed by atoms with E-state index in [-0.39, 0.29) is 4.90 Å². The molecule has 171 valence electrons. The molecule has 2 aliphatic rings. The van der Waals surface area contributed by atoms with Crippen LogP contribution in [0.4, 0.5) is 4.79 Å². The average Bonchev–Trinajstić information content (AvgIpc) is 3.18. The molecule has 0 unspecified atom stereocenters. The summed E-state index contributed by atoms with van der Waals surface area (Å²) in [4.78, 5) is 39.0. The van der Waals surface area contributed by atoms with Crippen LogP contribution in [0.2, 0.25) is 4.71 Å². The molecule has 1 N–H and O–H groups in total. The molecular weight excluding hydrogens is 499 g/mol. The molecule has 1 saturated heterocycles. The minimum atomic E-state index is -3.93. The van der Waals surface area contributed by atoms with E-state index in [1.807, 2.05) is 0 Å². The van der Waals surface area contributed by atoms with Gasteiger partial charge in [-0.15, -0.1) is 0 Å². The van der Waals surface area contributed by atoms with E-state index in [9.17, 15) is 27.9 Å². The second-order valence-electron chi connectivity index (χ2n) is 8.62. The van der Waals surface area contributed by atoms with Crippen LogP contribution in [0.25, 0.3) is 11.0 Å². The molecular formula is C21H24AsN2O7S. The van der Waals surface area contributed by atoms with Crippen LogP contribution in [0.5, 0.6) is 0 Å². The zero-order valence-electron chi connectivity index (χ0n) is 18.0. The molecule has 2 aromatic rings. The van der Waals surface area contributed by atoms with Crippen molar-refractivity contribution in [1.82, 2.24) is 9.80 Å². The Morgan fingerprint density at radius 3 is 2.56 bits per heavy atom. The fourth-order valence-corrected chi connectivity index (χ4v) is 10.1. The first-order chi connectivity index (χ1) is 14.9. The van der Waals surface area contributed by atoms with Crippen molar-refractivity contribution < 1.29 is 32.3 Å². The number of benzene rings is 1. The molecule has 0 spiro atoms. The molecule has 11 heteroatoms. The van der Waals surface area contributed by atoms with Gasteiger partial charge in [-0.05, 0) is 0 Å². The van der Waals surface area contributed by atoms with Crippen molar-refractivity contribution in [1.29, 1.82) is 0 Å². The van der Waals surface area contributed by atoms with Gasteiger partial charge in [-0.1, -0.05) is 0 Å². The number of furan rings is 1. The Hall–Kier alpha value is -2.32. The van der Waals surface area contributed by atoms with E-state index in [4.69, 9.17) is 4.42 Å². The number of carboxylic acid groups (broad SMARTS) is 1. The molecule has 1 radical (unpaired) electrons. The van der Waals surface area contributed by atoms with Gasteiger partial charge in [-0.25, -0.2) is 0 Å². The van der Waals surface area contributed by atoms with Gasteiger partial charge in [0.1, 0.15) is 0 Å². The SMILES string of the molecule is CN1C(=O)N(C[C@@H]([As]S(=O)(=O)c2ccc3c4c(oc3c2)CCCC4)C(=O)O)C(=O)C1(C)C. The van der Waals surface area contributed by atoms with Crippen molar-refractivity contribution >= 4 is 51.6 Å². The van der Waals surface area contributed by atoms with E-state index < -0.39 is 57.4 Å². The molecule has 1 atom stereocenters. The number of imide groups is 1. The first-order valence-electron chi connectivity index (χ1n) is 10.3. The molecule has 9 nitrogen and oxygen atoms in total. The number of carboxylic acids is 1. The van der Waals surface area contributed by atoms with Gasteiger partial charge >= 0.3 is 191 Å². The Labute approximate surface area is 191 Å². The Morgan fingerprint density at radius 2 is 1.94 bits per heavy atom. The van der Waals surface area contributed by atoms with Crippen LogP contribution in [0, 0.1) is 0 Å². The topological polar surface area (TPSA) is 125 Å². The van der Waals surface area contributed by atoms with E-state index in [0.717, 1.165) is 47.3 Å².